The summed E-state index contributed by atoms with van der Waals surface area (Å²) in [6.45, 7) is 3.70. The van der Waals surface area contributed by atoms with E-state index in [1.165, 1.54) is 0 Å². The minimum atomic E-state index is -0.477. The van der Waals surface area contributed by atoms with E-state index in [0.717, 1.165) is 5.56 Å². The summed E-state index contributed by atoms with van der Waals surface area (Å²) in [5.41, 5.74) is 2.80. The molecule has 4 nitrogen and oxygen atoms in total. The fourth-order valence-corrected chi connectivity index (χ4v) is 1.48. The Morgan fingerprint density at radius 1 is 1.16 bits per heavy atom. The van der Waals surface area contributed by atoms with Crippen molar-refractivity contribution in [1.82, 2.24) is 4.98 Å². The highest BCUT2D eigenvalue weighted by molar-refractivity contribution is 5.97. The largest absolute Gasteiger partial charge is 0.365 e. The number of aryl methyl sites for hydroxylation is 1. The Hall–Kier alpha value is -2.49. The van der Waals surface area contributed by atoms with Gasteiger partial charge in [-0.15, -0.1) is 0 Å². The predicted octanol–water partition coefficient (Wildman–Crippen LogP) is 2.97. The number of carbonyl (C=O) groups is 1. The molecule has 0 atom stereocenters. The molecular formula is C15H14N2O2. The number of rotatable bonds is 3. The molecule has 0 saturated heterocycles. The molecule has 0 aliphatic rings. The van der Waals surface area contributed by atoms with Gasteiger partial charge in [0, 0.05) is 6.20 Å². The maximum absolute atomic E-state index is 11.7. The van der Waals surface area contributed by atoms with E-state index in [1.807, 2.05) is 31.2 Å². The fraction of sp³-hybridized carbons (Fsp3) is 0.133. The van der Waals surface area contributed by atoms with Crippen molar-refractivity contribution in [2.24, 2.45) is 5.16 Å². The molecule has 0 N–H and O–H groups in total. The molecule has 1 heterocycles. The lowest BCUT2D eigenvalue weighted by molar-refractivity contribution is 0.0516. The van der Waals surface area contributed by atoms with Crippen LogP contribution in [0, 0.1) is 6.92 Å². The summed E-state index contributed by atoms with van der Waals surface area (Å²) in [6, 6.07) is 12.6. The highest BCUT2D eigenvalue weighted by atomic mass is 16.7. The lowest BCUT2D eigenvalue weighted by Gasteiger charge is -2.01. The zero-order valence-electron chi connectivity index (χ0n) is 10.8. The summed E-state index contributed by atoms with van der Waals surface area (Å²) < 4.78 is 0. The van der Waals surface area contributed by atoms with Crippen LogP contribution >= 0.6 is 0 Å². The first kappa shape index (κ1) is 13.0. The van der Waals surface area contributed by atoms with Crippen LogP contribution in [-0.2, 0) is 4.84 Å². The van der Waals surface area contributed by atoms with Gasteiger partial charge in [-0.25, -0.2) is 4.79 Å². The molecule has 0 bridgehead atoms. The van der Waals surface area contributed by atoms with Gasteiger partial charge in [0.25, 0.3) is 0 Å². The highest BCUT2D eigenvalue weighted by Crippen LogP contribution is 2.06. The third-order valence-electron chi connectivity index (χ3n) is 2.59. The molecular weight excluding hydrogens is 240 g/mol. The number of pyridine rings is 1. The maximum Gasteiger partial charge on any atom is 0.365 e. The second kappa shape index (κ2) is 5.91. The lowest BCUT2D eigenvalue weighted by Crippen LogP contribution is -2.04. The minimum Gasteiger partial charge on any atom is -0.312 e. The van der Waals surface area contributed by atoms with Crippen LogP contribution in [0.1, 0.15) is 28.5 Å². The second-order valence-corrected chi connectivity index (χ2v) is 4.14. The Morgan fingerprint density at radius 2 is 1.89 bits per heavy atom. The van der Waals surface area contributed by atoms with Crippen molar-refractivity contribution in [2.45, 2.75) is 13.8 Å². The number of hydrogen-bond acceptors (Lipinski definition) is 4. The van der Waals surface area contributed by atoms with Gasteiger partial charge >= 0.3 is 5.97 Å². The molecule has 0 unspecified atom stereocenters. The van der Waals surface area contributed by atoms with Gasteiger partial charge in [-0.3, -0.25) is 4.98 Å². The van der Waals surface area contributed by atoms with Gasteiger partial charge in [0.2, 0.25) is 0 Å². The van der Waals surface area contributed by atoms with E-state index < -0.39 is 5.97 Å². The van der Waals surface area contributed by atoms with Crippen LogP contribution in [-0.4, -0.2) is 16.7 Å². The van der Waals surface area contributed by atoms with E-state index >= 15 is 0 Å². The van der Waals surface area contributed by atoms with Gasteiger partial charge < -0.3 is 4.84 Å². The molecule has 1 aromatic heterocycles. The summed E-state index contributed by atoms with van der Waals surface area (Å²) in [4.78, 5) is 20.8. The van der Waals surface area contributed by atoms with E-state index in [-0.39, 0.29) is 0 Å². The molecule has 0 spiro atoms. The molecule has 0 amide bonds. The molecule has 0 fully saturated rings. The maximum atomic E-state index is 11.7. The van der Waals surface area contributed by atoms with Crippen molar-refractivity contribution >= 4 is 11.7 Å². The molecule has 2 aromatic rings. The summed E-state index contributed by atoms with van der Waals surface area (Å²) in [7, 11) is 0. The van der Waals surface area contributed by atoms with Crippen LogP contribution in [0.25, 0.3) is 0 Å². The number of aromatic nitrogens is 1. The Balaban J connectivity index is 2.06. The predicted molar refractivity (Wildman–Crippen MR) is 73.0 cm³/mol. The smallest absolute Gasteiger partial charge is 0.312 e. The first-order valence-electron chi connectivity index (χ1n) is 5.91. The SMILES string of the molecule is C/C(=N\OC(=O)c1ccc(C)cc1)c1ccccn1. The van der Waals surface area contributed by atoms with Crippen molar-refractivity contribution < 1.29 is 9.63 Å². The highest BCUT2D eigenvalue weighted by Gasteiger charge is 2.07. The van der Waals surface area contributed by atoms with Crippen LogP contribution in [0.15, 0.2) is 53.8 Å². The standard InChI is InChI=1S/C15H14N2O2/c1-11-6-8-13(9-7-11)15(18)19-17-12(2)14-5-3-4-10-16-14/h3-10H,1-2H3/b17-12+. The van der Waals surface area contributed by atoms with Gasteiger partial charge in [0.1, 0.15) is 5.71 Å². The Labute approximate surface area is 111 Å². The molecule has 0 aliphatic carbocycles. The monoisotopic (exact) mass is 254 g/mol. The topological polar surface area (TPSA) is 51.5 Å². The normalized spacial score (nSPS) is 11.2. The molecule has 19 heavy (non-hydrogen) atoms. The third-order valence-corrected chi connectivity index (χ3v) is 2.59. The van der Waals surface area contributed by atoms with Crippen molar-refractivity contribution in [3.8, 4) is 0 Å². The molecule has 0 aliphatic heterocycles. The van der Waals surface area contributed by atoms with Gasteiger partial charge in [-0.1, -0.05) is 28.9 Å². The van der Waals surface area contributed by atoms with Crippen molar-refractivity contribution in [3.63, 3.8) is 0 Å². The van der Waals surface area contributed by atoms with E-state index in [2.05, 4.69) is 10.1 Å². The van der Waals surface area contributed by atoms with Gasteiger partial charge in [0.15, 0.2) is 0 Å². The van der Waals surface area contributed by atoms with Crippen LogP contribution in [0.4, 0.5) is 0 Å². The lowest BCUT2D eigenvalue weighted by atomic mass is 10.2. The average molecular weight is 254 g/mol. The van der Waals surface area contributed by atoms with Crippen molar-refractivity contribution in [3.05, 3.63) is 65.5 Å². The zero-order chi connectivity index (χ0) is 13.7. The Bertz CT molecular complexity index is 589. The van der Waals surface area contributed by atoms with Crippen LogP contribution in [0.2, 0.25) is 0 Å². The van der Waals surface area contributed by atoms with Gasteiger partial charge in [-0.05, 0) is 38.1 Å². The number of carbonyl (C=O) groups excluding carboxylic acids is 1. The zero-order valence-corrected chi connectivity index (χ0v) is 10.8. The third kappa shape index (κ3) is 3.48. The van der Waals surface area contributed by atoms with Crippen LogP contribution in [0.3, 0.4) is 0 Å². The van der Waals surface area contributed by atoms with Crippen LogP contribution in [0.5, 0.6) is 0 Å². The minimum absolute atomic E-state index is 0.475. The first-order valence-corrected chi connectivity index (χ1v) is 5.91. The number of oxime groups is 1. The number of benzene rings is 1. The van der Waals surface area contributed by atoms with E-state index in [9.17, 15) is 4.79 Å². The van der Waals surface area contributed by atoms with Gasteiger partial charge in [-0.2, -0.15) is 0 Å². The fourth-order valence-electron chi connectivity index (χ4n) is 1.48. The molecule has 0 saturated carbocycles. The van der Waals surface area contributed by atoms with Crippen LogP contribution < -0.4 is 0 Å². The quantitative estimate of drug-likeness (QED) is 0.480. The average Bonchev–Trinajstić information content (AvgIpc) is 2.46. The second-order valence-electron chi connectivity index (χ2n) is 4.14. The summed E-state index contributed by atoms with van der Waals surface area (Å²) in [5.74, 6) is -0.477. The number of nitrogens with zero attached hydrogens (tertiary/aromatic N) is 2. The summed E-state index contributed by atoms with van der Waals surface area (Å²) in [5, 5.41) is 3.80. The van der Waals surface area contributed by atoms with Gasteiger partial charge in [0.05, 0.1) is 11.3 Å². The Morgan fingerprint density at radius 3 is 2.53 bits per heavy atom. The molecule has 1 aromatic carbocycles. The Kier molecular flexibility index (Phi) is 4.03. The summed E-state index contributed by atoms with van der Waals surface area (Å²) in [6.07, 6.45) is 1.66. The first-order chi connectivity index (χ1) is 9.16. The van der Waals surface area contributed by atoms with Crippen molar-refractivity contribution in [1.29, 1.82) is 0 Å². The molecule has 4 heteroatoms. The molecule has 0 radical (unpaired) electrons. The molecule has 2 rings (SSSR count). The van der Waals surface area contributed by atoms with E-state index in [1.54, 1.807) is 31.3 Å². The number of hydrogen-bond donors (Lipinski definition) is 0. The van der Waals surface area contributed by atoms with E-state index in [4.69, 9.17) is 4.84 Å². The molecule has 96 valence electrons. The summed E-state index contributed by atoms with van der Waals surface area (Å²) >= 11 is 0. The van der Waals surface area contributed by atoms with Crippen molar-refractivity contribution in [2.75, 3.05) is 0 Å². The van der Waals surface area contributed by atoms with E-state index in [0.29, 0.717) is 17.0 Å².